The van der Waals surface area contributed by atoms with Crippen molar-refractivity contribution in [3.63, 3.8) is 0 Å². The Kier molecular flexibility index (Phi) is 6.55. The minimum Gasteiger partial charge on any atom is -0.370 e. The van der Waals surface area contributed by atoms with Gasteiger partial charge in [0.05, 0.1) is 11.9 Å². The molecule has 0 saturated carbocycles. The molecule has 0 fully saturated rings. The fourth-order valence-electron chi connectivity index (χ4n) is 2.92. The smallest absolute Gasteiger partial charge is 0.260 e. The van der Waals surface area contributed by atoms with Crippen molar-refractivity contribution in [1.29, 1.82) is 0 Å². The van der Waals surface area contributed by atoms with Crippen molar-refractivity contribution in [2.24, 2.45) is 4.99 Å². The van der Waals surface area contributed by atoms with Gasteiger partial charge in [0.25, 0.3) is 5.91 Å². The van der Waals surface area contributed by atoms with Gasteiger partial charge in [-0.15, -0.1) is 0 Å². The molecular weight excluding hydrogens is 300 g/mol. The summed E-state index contributed by atoms with van der Waals surface area (Å²) in [6, 6.07) is 9.41. The number of amides is 1. The number of hydrogen-bond donors (Lipinski definition) is 0. The van der Waals surface area contributed by atoms with Crippen LogP contribution in [-0.2, 0) is 0 Å². The molecule has 1 aromatic rings. The molecule has 0 bridgehead atoms. The summed E-state index contributed by atoms with van der Waals surface area (Å²) in [6.07, 6.45) is 3.55. The molecule has 5 nitrogen and oxygen atoms in total. The highest BCUT2D eigenvalue weighted by Gasteiger charge is 2.29. The highest BCUT2D eigenvalue weighted by atomic mass is 16.2. The van der Waals surface area contributed by atoms with E-state index in [0.29, 0.717) is 5.56 Å². The maximum absolute atomic E-state index is 13.1. The Morgan fingerprint density at radius 3 is 2.21 bits per heavy atom. The largest absolute Gasteiger partial charge is 0.370 e. The highest BCUT2D eigenvalue weighted by molar-refractivity contribution is 5.96. The normalized spacial score (nSPS) is 17.1. The fraction of sp³-hybridized carbons (Fsp3) is 0.474. The maximum atomic E-state index is 13.1. The summed E-state index contributed by atoms with van der Waals surface area (Å²) in [5, 5.41) is 0. The third kappa shape index (κ3) is 3.85. The molecule has 0 spiro atoms. The molecule has 0 N–H and O–H groups in total. The van der Waals surface area contributed by atoms with Crippen LogP contribution in [0, 0.1) is 0 Å². The second kappa shape index (κ2) is 8.64. The Bertz CT molecular complexity index is 589. The zero-order valence-corrected chi connectivity index (χ0v) is 15.1. The van der Waals surface area contributed by atoms with E-state index in [0.717, 1.165) is 31.9 Å². The molecule has 0 radical (unpaired) electrons. The number of carbonyl (C=O) groups excluding carboxylic acids is 1. The summed E-state index contributed by atoms with van der Waals surface area (Å²) >= 11 is 0. The third-order valence-corrected chi connectivity index (χ3v) is 4.38. The molecule has 1 amide bonds. The molecule has 0 aliphatic carbocycles. The van der Waals surface area contributed by atoms with Gasteiger partial charge in [0.2, 0.25) is 0 Å². The van der Waals surface area contributed by atoms with Crippen LogP contribution in [0.15, 0.2) is 47.2 Å². The predicted molar refractivity (Wildman–Crippen MR) is 98.8 cm³/mol. The Labute approximate surface area is 145 Å². The first kappa shape index (κ1) is 18.2. The zero-order valence-electron chi connectivity index (χ0n) is 15.1. The second-order valence-electron chi connectivity index (χ2n) is 5.65. The molecule has 2 rings (SSSR count). The van der Waals surface area contributed by atoms with Crippen LogP contribution in [-0.4, -0.2) is 59.3 Å². The molecule has 1 aromatic carbocycles. The Morgan fingerprint density at radius 2 is 1.67 bits per heavy atom. The van der Waals surface area contributed by atoms with Gasteiger partial charge in [-0.2, -0.15) is 0 Å². The summed E-state index contributed by atoms with van der Waals surface area (Å²) in [7, 11) is 0. The van der Waals surface area contributed by atoms with Crippen molar-refractivity contribution in [2.45, 2.75) is 34.0 Å². The van der Waals surface area contributed by atoms with Crippen molar-refractivity contribution >= 4 is 12.1 Å². The van der Waals surface area contributed by atoms with Crippen molar-refractivity contribution in [1.82, 2.24) is 14.7 Å². The maximum Gasteiger partial charge on any atom is 0.260 e. The minimum absolute atomic E-state index is 0.0194. The molecule has 1 aliphatic heterocycles. The van der Waals surface area contributed by atoms with Gasteiger partial charge in [-0.1, -0.05) is 32.0 Å². The van der Waals surface area contributed by atoms with Gasteiger partial charge in [-0.3, -0.25) is 19.6 Å². The highest BCUT2D eigenvalue weighted by Crippen LogP contribution is 2.20. The first-order chi connectivity index (χ1) is 11.7. The summed E-state index contributed by atoms with van der Waals surface area (Å²) in [5.74, 6) is -0.0194. The minimum atomic E-state index is -0.285. The molecule has 130 valence electrons. The Hall–Kier alpha value is -2.14. The number of aliphatic imine (C=N–C) groups is 1. The molecule has 1 aliphatic rings. The molecule has 0 aromatic heterocycles. The summed E-state index contributed by atoms with van der Waals surface area (Å²) in [6.45, 7) is 11.9. The van der Waals surface area contributed by atoms with Crippen LogP contribution < -0.4 is 0 Å². The third-order valence-electron chi connectivity index (χ3n) is 4.38. The van der Waals surface area contributed by atoms with Gasteiger partial charge >= 0.3 is 0 Å². The summed E-state index contributed by atoms with van der Waals surface area (Å²) < 4.78 is 0. The average Bonchev–Trinajstić information content (AvgIpc) is 2.64. The standard InChI is InChI=1S/C19H28N4O/c1-5-21(6-2)17-14-20-19(22(7-3)8-4)23(15-17)18(24)16-12-10-9-11-13-16/h9-15,19H,5-8H2,1-4H3. The van der Waals surface area contributed by atoms with E-state index in [1.165, 1.54) is 0 Å². The number of hydrogen-bond acceptors (Lipinski definition) is 4. The van der Waals surface area contributed by atoms with Crippen LogP contribution in [0.25, 0.3) is 0 Å². The fourth-order valence-corrected chi connectivity index (χ4v) is 2.92. The first-order valence-electron chi connectivity index (χ1n) is 8.77. The molecule has 1 unspecified atom stereocenters. The molecule has 1 atom stereocenters. The summed E-state index contributed by atoms with van der Waals surface area (Å²) in [5.41, 5.74) is 1.66. The molecule has 0 saturated heterocycles. The number of rotatable bonds is 7. The van der Waals surface area contributed by atoms with Crippen LogP contribution in [0.4, 0.5) is 0 Å². The second-order valence-corrected chi connectivity index (χ2v) is 5.65. The lowest BCUT2D eigenvalue weighted by Crippen LogP contribution is -2.49. The van der Waals surface area contributed by atoms with E-state index < -0.39 is 0 Å². The molecule has 1 heterocycles. The van der Waals surface area contributed by atoms with Crippen molar-refractivity contribution in [3.05, 3.63) is 47.8 Å². The van der Waals surface area contributed by atoms with Crippen molar-refractivity contribution < 1.29 is 4.79 Å². The van der Waals surface area contributed by atoms with Gasteiger partial charge < -0.3 is 4.90 Å². The lowest BCUT2D eigenvalue weighted by molar-refractivity contribution is 0.0523. The molecular formula is C19H28N4O. The van der Waals surface area contributed by atoms with Gasteiger partial charge in [0.1, 0.15) is 0 Å². The van der Waals surface area contributed by atoms with E-state index in [9.17, 15) is 4.79 Å². The molecule has 24 heavy (non-hydrogen) atoms. The topological polar surface area (TPSA) is 39.1 Å². The van der Waals surface area contributed by atoms with E-state index in [1.54, 1.807) is 4.90 Å². The van der Waals surface area contributed by atoms with E-state index in [-0.39, 0.29) is 12.2 Å². The first-order valence-corrected chi connectivity index (χ1v) is 8.77. The van der Waals surface area contributed by atoms with Crippen LogP contribution >= 0.6 is 0 Å². The van der Waals surface area contributed by atoms with E-state index >= 15 is 0 Å². The lowest BCUT2D eigenvalue weighted by atomic mass is 10.2. The average molecular weight is 328 g/mol. The van der Waals surface area contributed by atoms with Crippen LogP contribution in [0.2, 0.25) is 0 Å². The monoisotopic (exact) mass is 328 g/mol. The predicted octanol–water partition coefficient (Wildman–Crippen LogP) is 3.02. The van der Waals surface area contributed by atoms with E-state index in [4.69, 9.17) is 4.99 Å². The van der Waals surface area contributed by atoms with Crippen LogP contribution in [0.1, 0.15) is 38.1 Å². The quantitative estimate of drug-likeness (QED) is 0.772. The number of nitrogens with zero attached hydrogens (tertiary/aromatic N) is 4. The lowest BCUT2D eigenvalue weighted by Gasteiger charge is -2.38. The van der Waals surface area contributed by atoms with E-state index in [2.05, 4.69) is 37.5 Å². The van der Waals surface area contributed by atoms with Gasteiger partial charge in [-0.05, 0) is 39.1 Å². The molecule has 5 heteroatoms. The summed E-state index contributed by atoms with van der Waals surface area (Å²) in [4.78, 5) is 23.9. The van der Waals surface area contributed by atoms with Crippen LogP contribution in [0.3, 0.4) is 0 Å². The SMILES string of the molecule is CCN(CC)C1=CN(C(=O)c2ccccc2)C(N(CC)CC)N=C1. The van der Waals surface area contributed by atoms with Crippen molar-refractivity contribution in [3.8, 4) is 0 Å². The Morgan fingerprint density at radius 1 is 1.04 bits per heavy atom. The number of carbonyl (C=O) groups is 1. The van der Waals surface area contributed by atoms with Gasteiger partial charge in [0.15, 0.2) is 6.29 Å². The van der Waals surface area contributed by atoms with E-state index in [1.807, 2.05) is 42.7 Å². The van der Waals surface area contributed by atoms with Gasteiger partial charge in [0, 0.05) is 24.9 Å². The zero-order chi connectivity index (χ0) is 17.5. The number of benzene rings is 1. The van der Waals surface area contributed by atoms with Gasteiger partial charge in [-0.25, -0.2) is 0 Å². The van der Waals surface area contributed by atoms with Crippen molar-refractivity contribution in [2.75, 3.05) is 26.2 Å². The van der Waals surface area contributed by atoms with Crippen LogP contribution in [0.5, 0.6) is 0 Å². The number of allylic oxidation sites excluding steroid dienone is 1. The Balaban J connectivity index is 2.38.